The van der Waals surface area contributed by atoms with E-state index in [0.717, 1.165) is 0 Å². The van der Waals surface area contributed by atoms with Crippen molar-refractivity contribution in [2.75, 3.05) is 13.2 Å². The van der Waals surface area contributed by atoms with Gasteiger partial charge < -0.3 is 4.74 Å². The molecule has 4 heteroatoms. The number of aryl methyl sites for hydroxylation is 1. The van der Waals surface area contributed by atoms with Crippen LogP contribution in [0.2, 0.25) is 0 Å². The molecule has 0 spiro atoms. The van der Waals surface area contributed by atoms with Gasteiger partial charge in [-0.25, -0.2) is 9.97 Å². The van der Waals surface area contributed by atoms with Gasteiger partial charge in [0, 0.05) is 12.8 Å². The molecule has 0 amide bonds. The summed E-state index contributed by atoms with van der Waals surface area (Å²) in [5, 5.41) is 0. The molecule has 0 atom stereocenters. The van der Waals surface area contributed by atoms with E-state index in [1.165, 1.54) is 0 Å². The molecule has 1 heterocycles. The number of Topliss-reactive ketones (excluding diaryl/α,β-unsaturated/α-hetero) is 1. The van der Waals surface area contributed by atoms with Crippen molar-refractivity contribution in [2.24, 2.45) is 0 Å². The van der Waals surface area contributed by atoms with Crippen molar-refractivity contribution < 1.29 is 9.53 Å². The Balaban J connectivity index is 2.66. The molecule has 0 N–H and O–H groups in total. The van der Waals surface area contributed by atoms with Gasteiger partial charge in [0.05, 0.1) is 0 Å². The second kappa shape index (κ2) is 4.67. The lowest BCUT2D eigenvalue weighted by molar-refractivity contribution is 0.0778. The minimum absolute atomic E-state index is 0.0902. The van der Waals surface area contributed by atoms with Gasteiger partial charge in [-0.05, 0) is 19.9 Å². The number of ketones is 1. The number of rotatable bonds is 4. The van der Waals surface area contributed by atoms with Gasteiger partial charge in [0.15, 0.2) is 0 Å². The van der Waals surface area contributed by atoms with Gasteiger partial charge in [-0.2, -0.15) is 0 Å². The van der Waals surface area contributed by atoms with Crippen LogP contribution in [0.1, 0.15) is 23.2 Å². The molecule has 4 nitrogen and oxygen atoms in total. The molecule has 1 rings (SSSR count). The molecule has 0 aliphatic carbocycles. The van der Waals surface area contributed by atoms with E-state index in [0.29, 0.717) is 18.1 Å². The van der Waals surface area contributed by atoms with E-state index in [2.05, 4.69) is 9.97 Å². The molecule has 0 bridgehead atoms. The molecule has 0 fully saturated rings. The summed E-state index contributed by atoms with van der Waals surface area (Å²) in [6, 6.07) is 1.59. The summed E-state index contributed by atoms with van der Waals surface area (Å²) in [6.07, 6.45) is 1.57. The number of hydrogen-bond acceptors (Lipinski definition) is 4. The van der Waals surface area contributed by atoms with Crippen molar-refractivity contribution in [1.82, 2.24) is 9.97 Å². The van der Waals surface area contributed by atoms with Crippen molar-refractivity contribution in [2.45, 2.75) is 13.8 Å². The fraction of sp³-hybridized carbons (Fsp3) is 0.444. The van der Waals surface area contributed by atoms with Crippen LogP contribution in [-0.2, 0) is 4.74 Å². The average Bonchev–Trinajstić information content (AvgIpc) is 2.14. The van der Waals surface area contributed by atoms with Gasteiger partial charge in [-0.15, -0.1) is 0 Å². The molecule has 0 radical (unpaired) electrons. The van der Waals surface area contributed by atoms with E-state index >= 15 is 0 Å². The normalized spacial score (nSPS) is 10.0. The molecule has 70 valence electrons. The Hall–Kier alpha value is -1.29. The standard InChI is InChI=1S/C9H12N2O2/c1-3-13-6-9(12)8-4-5-10-7(2)11-8/h4-5H,3,6H2,1-2H3. The Morgan fingerprint density at radius 1 is 1.62 bits per heavy atom. The first-order chi connectivity index (χ1) is 6.24. The summed E-state index contributed by atoms with van der Waals surface area (Å²) >= 11 is 0. The van der Waals surface area contributed by atoms with Crippen LogP contribution < -0.4 is 0 Å². The van der Waals surface area contributed by atoms with Crippen LogP contribution >= 0.6 is 0 Å². The van der Waals surface area contributed by atoms with Gasteiger partial charge >= 0.3 is 0 Å². The van der Waals surface area contributed by atoms with E-state index in [9.17, 15) is 4.79 Å². The quantitative estimate of drug-likeness (QED) is 0.649. The highest BCUT2D eigenvalue weighted by molar-refractivity contribution is 5.95. The maximum absolute atomic E-state index is 11.3. The fourth-order valence-corrected chi connectivity index (χ4v) is 0.880. The highest BCUT2D eigenvalue weighted by Gasteiger charge is 2.06. The van der Waals surface area contributed by atoms with Crippen LogP contribution in [0.15, 0.2) is 12.3 Å². The zero-order valence-corrected chi connectivity index (χ0v) is 7.78. The Labute approximate surface area is 77.0 Å². The van der Waals surface area contributed by atoms with Gasteiger partial charge in [0.1, 0.15) is 18.1 Å². The van der Waals surface area contributed by atoms with Gasteiger partial charge in [0.25, 0.3) is 0 Å². The molecule has 0 aromatic carbocycles. The third kappa shape index (κ3) is 2.91. The SMILES string of the molecule is CCOCC(=O)c1ccnc(C)n1. The highest BCUT2D eigenvalue weighted by atomic mass is 16.5. The number of hydrogen-bond donors (Lipinski definition) is 0. The zero-order valence-electron chi connectivity index (χ0n) is 7.78. The minimum atomic E-state index is -0.104. The highest BCUT2D eigenvalue weighted by Crippen LogP contribution is 1.96. The molecular formula is C9H12N2O2. The van der Waals surface area contributed by atoms with Crippen molar-refractivity contribution in [3.63, 3.8) is 0 Å². The third-order valence-electron chi connectivity index (χ3n) is 1.50. The van der Waals surface area contributed by atoms with Crippen molar-refractivity contribution in [3.05, 3.63) is 23.8 Å². The van der Waals surface area contributed by atoms with Gasteiger partial charge in [-0.1, -0.05) is 0 Å². The molecule has 13 heavy (non-hydrogen) atoms. The average molecular weight is 180 g/mol. The first kappa shape index (κ1) is 9.80. The van der Waals surface area contributed by atoms with E-state index in [4.69, 9.17) is 4.74 Å². The lowest BCUT2D eigenvalue weighted by atomic mass is 10.3. The Bertz CT molecular complexity index is 299. The molecule has 0 aliphatic heterocycles. The van der Waals surface area contributed by atoms with Gasteiger partial charge in [-0.3, -0.25) is 4.79 Å². The smallest absolute Gasteiger partial charge is 0.206 e. The van der Waals surface area contributed by atoms with Crippen LogP contribution in [0.3, 0.4) is 0 Å². The monoisotopic (exact) mass is 180 g/mol. The second-order valence-electron chi connectivity index (χ2n) is 2.55. The molecule has 0 saturated heterocycles. The predicted octanol–water partition coefficient (Wildman–Crippen LogP) is 1.00. The fourth-order valence-electron chi connectivity index (χ4n) is 0.880. The first-order valence-electron chi connectivity index (χ1n) is 4.14. The Morgan fingerprint density at radius 2 is 2.38 bits per heavy atom. The molecule has 0 aliphatic rings. The second-order valence-corrected chi connectivity index (χ2v) is 2.55. The predicted molar refractivity (Wildman–Crippen MR) is 47.6 cm³/mol. The largest absolute Gasteiger partial charge is 0.374 e. The van der Waals surface area contributed by atoms with E-state index in [-0.39, 0.29) is 12.4 Å². The van der Waals surface area contributed by atoms with E-state index < -0.39 is 0 Å². The zero-order chi connectivity index (χ0) is 9.68. The molecule has 0 unspecified atom stereocenters. The van der Waals surface area contributed by atoms with E-state index in [1.807, 2.05) is 6.92 Å². The summed E-state index contributed by atoms with van der Waals surface area (Å²) in [5.74, 6) is 0.495. The summed E-state index contributed by atoms with van der Waals surface area (Å²) < 4.78 is 4.98. The molecule has 1 aromatic heterocycles. The lowest BCUT2D eigenvalue weighted by Gasteiger charge is -2.00. The number of carbonyl (C=O) groups excluding carboxylic acids is 1. The van der Waals surface area contributed by atoms with Crippen LogP contribution in [0.25, 0.3) is 0 Å². The summed E-state index contributed by atoms with van der Waals surface area (Å²) in [7, 11) is 0. The third-order valence-corrected chi connectivity index (χ3v) is 1.50. The molecular weight excluding hydrogens is 168 g/mol. The maximum atomic E-state index is 11.3. The summed E-state index contributed by atoms with van der Waals surface area (Å²) in [4.78, 5) is 19.2. The van der Waals surface area contributed by atoms with Crippen molar-refractivity contribution >= 4 is 5.78 Å². The van der Waals surface area contributed by atoms with Crippen LogP contribution in [0, 0.1) is 6.92 Å². The van der Waals surface area contributed by atoms with E-state index in [1.54, 1.807) is 19.2 Å². The van der Waals surface area contributed by atoms with Crippen LogP contribution in [0.4, 0.5) is 0 Å². The number of ether oxygens (including phenoxy) is 1. The number of nitrogens with zero attached hydrogens (tertiary/aromatic N) is 2. The Morgan fingerprint density at radius 3 is 3.00 bits per heavy atom. The molecule has 0 saturated carbocycles. The molecule has 1 aromatic rings. The summed E-state index contributed by atoms with van der Waals surface area (Å²) in [5.41, 5.74) is 0.418. The Kier molecular flexibility index (Phi) is 3.52. The topological polar surface area (TPSA) is 52.1 Å². The minimum Gasteiger partial charge on any atom is -0.374 e. The van der Waals surface area contributed by atoms with Crippen molar-refractivity contribution in [1.29, 1.82) is 0 Å². The summed E-state index contributed by atoms with van der Waals surface area (Å²) in [6.45, 7) is 4.22. The number of carbonyl (C=O) groups is 1. The van der Waals surface area contributed by atoms with Crippen molar-refractivity contribution in [3.8, 4) is 0 Å². The lowest BCUT2D eigenvalue weighted by Crippen LogP contribution is -2.11. The maximum Gasteiger partial charge on any atom is 0.206 e. The van der Waals surface area contributed by atoms with Crippen LogP contribution in [0.5, 0.6) is 0 Å². The van der Waals surface area contributed by atoms with Crippen LogP contribution in [-0.4, -0.2) is 29.0 Å². The number of aromatic nitrogens is 2. The van der Waals surface area contributed by atoms with Gasteiger partial charge in [0.2, 0.25) is 5.78 Å². The first-order valence-corrected chi connectivity index (χ1v) is 4.14.